The Balaban J connectivity index is 2.02. The Morgan fingerprint density at radius 3 is 2.33 bits per heavy atom. The van der Waals surface area contributed by atoms with Crippen molar-refractivity contribution in [1.29, 1.82) is 0 Å². The molecule has 3 rings (SSSR count). The molecule has 7 heteroatoms. The Labute approximate surface area is 175 Å². The number of rotatable bonds is 8. The number of anilines is 1. The van der Waals surface area contributed by atoms with Crippen LogP contribution in [0.1, 0.15) is 19.4 Å². The first kappa shape index (κ1) is 21.5. The third-order valence-electron chi connectivity index (χ3n) is 4.70. The van der Waals surface area contributed by atoms with Crippen LogP contribution < -0.4 is 9.64 Å². The maximum atomic E-state index is 14.4. The number of hydrogen-bond donors (Lipinski definition) is 1. The molecule has 0 bridgehead atoms. The van der Waals surface area contributed by atoms with E-state index >= 15 is 0 Å². The fraction of sp³-hybridized carbons (Fsp3) is 0.304. The number of nitrogens with zero attached hydrogens (tertiary/aromatic N) is 2. The van der Waals surface area contributed by atoms with E-state index in [0.29, 0.717) is 23.8 Å². The highest BCUT2D eigenvalue weighted by Crippen LogP contribution is 2.35. The Bertz CT molecular complexity index is 969. The van der Waals surface area contributed by atoms with Crippen LogP contribution in [0.5, 0.6) is 5.75 Å². The summed E-state index contributed by atoms with van der Waals surface area (Å²) in [5.74, 6) is -0.880. The molecular weight excluding hydrogens is 387 g/mol. The highest BCUT2D eigenvalue weighted by atomic mass is 19.1. The Morgan fingerprint density at radius 2 is 1.73 bits per heavy atom. The molecule has 1 aliphatic heterocycles. The van der Waals surface area contributed by atoms with E-state index < -0.39 is 17.6 Å². The van der Waals surface area contributed by atoms with Crippen molar-refractivity contribution in [3.8, 4) is 5.75 Å². The molecule has 0 atom stereocenters. The van der Waals surface area contributed by atoms with Gasteiger partial charge in [-0.15, -0.1) is 0 Å². The number of carbonyl (C=O) groups is 2. The van der Waals surface area contributed by atoms with Gasteiger partial charge in [-0.3, -0.25) is 9.59 Å². The minimum absolute atomic E-state index is 0.103. The molecule has 0 radical (unpaired) electrons. The van der Waals surface area contributed by atoms with Crippen molar-refractivity contribution in [3.63, 3.8) is 0 Å². The van der Waals surface area contributed by atoms with Gasteiger partial charge in [0, 0.05) is 13.6 Å². The first-order valence-corrected chi connectivity index (χ1v) is 9.78. The summed E-state index contributed by atoms with van der Waals surface area (Å²) < 4.78 is 20.0. The molecule has 2 aromatic carbocycles. The number of aliphatic hydroxyl groups is 1. The van der Waals surface area contributed by atoms with Crippen molar-refractivity contribution >= 4 is 23.1 Å². The Hall–Kier alpha value is -3.19. The number of benzene rings is 2. The molecule has 0 spiro atoms. The molecule has 1 heterocycles. The molecule has 2 aromatic rings. The van der Waals surface area contributed by atoms with Gasteiger partial charge in [0.2, 0.25) is 0 Å². The molecule has 0 fully saturated rings. The standard InChI is InChI=1S/C23H25FN2O4/c1-15(2)14-30-17-10-8-16(9-11-17)20-21(25(3)12-13-27)23(29)26(22(20)28)19-7-5-4-6-18(19)24/h4-11,15,27H,12-14H2,1-3H3. The molecule has 1 aliphatic rings. The molecule has 0 saturated heterocycles. The van der Waals surface area contributed by atoms with Crippen molar-refractivity contribution in [2.24, 2.45) is 5.92 Å². The van der Waals surface area contributed by atoms with E-state index in [1.165, 1.54) is 23.1 Å². The second-order valence-corrected chi connectivity index (χ2v) is 7.50. The SMILES string of the molecule is CC(C)COc1ccc(C2=C(N(C)CCO)C(=O)N(c3ccccc3F)C2=O)cc1. The van der Waals surface area contributed by atoms with Gasteiger partial charge in [-0.25, -0.2) is 9.29 Å². The van der Waals surface area contributed by atoms with Gasteiger partial charge in [-0.1, -0.05) is 38.1 Å². The molecule has 2 amide bonds. The molecule has 0 saturated carbocycles. The van der Waals surface area contributed by atoms with Gasteiger partial charge >= 0.3 is 0 Å². The predicted molar refractivity (Wildman–Crippen MR) is 112 cm³/mol. The maximum Gasteiger partial charge on any atom is 0.282 e. The number of carbonyl (C=O) groups excluding carboxylic acids is 2. The first-order chi connectivity index (χ1) is 14.3. The number of halogens is 1. The lowest BCUT2D eigenvalue weighted by molar-refractivity contribution is -0.120. The fourth-order valence-electron chi connectivity index (χ4n) is 3.23. The van der Waals surface area contributed by atoms with Gasteiger partial charge < -0.3 is 14.7 Å². The van der Waals surface area contributed by atoms with E-state index in [-0.39, 0.29) is 30.1 Å². The summed E-state index contributed by atoms with van der Waals surface area (Å²) >= 11 is 0. The molecule has 0 aliphatic carbocycles. The van der Waals surface area contributed by atoms with Gasteiger partial charge in [0.05, 0.1) is 24.5 Å². The second kappa shape index (κ2) is 9.09. The number of likely N-dealkylation sites (N-methyl/N-ethyl adjacent to an activating group) is 1. The molecule has 0 unspecified atom stereocenters. The quantitative estimate of drug-likeness (QED) is 0.675. The number of imide groups is 1. The summed E-state index contributed by atoms with van der Waals surface area (Å²) in [7, 11) is 1.61. The van der Waals surface area contributed by atoms with Crippen molar-refractivity contribution in [3.05, 3.63) is 65.6 Å². The van der Waals surface area contributed by atoms with Gasteiger partial charge in [0.25, 0.3) is 11.8 Å². The third-order valence-corrected chi connectivity index (χ3v) is 4.70. The predicted octanol–water partition coefficient (Wildman–Crippen LogP) is 3.07. The molecule has 30 heavy (non-hydrogen) atoms. The summed E-state index contributed by atoms with van der Waals surface area (Å²) in [6, 6.07) is 12.5. The lowest BCUT2D eigenvalue weighted by Crippen LogP contribution is -2.35. The smallest absolute Gasteiger partial charge is 0.282 e. The van der Waals surface area contributed by atoms with Crippen LogP contribution in [0.25, 0.3) is 5.57 Å². The van der Waals surface area contributed by atoms with E-state index in [1.807, 2.05) is 13.8 Å². The van der Waals surface area contributed by atoms with E-state index in [9.17, 15) is 19.1 Å². The number of amides is 2. The van der Waals surface area contributed by atoms with E-state index in [0.717, 1.165) is 4.90 Å². The average molecular weight is 412 g/mol. The van der Waals surface area contributed by atoms with Crippen LogP contribution in [0.2, 0.25) is 0 Å². The highest BCUT2D eigenvalue weighted by molar-refractivity contribution is 6.45. The lowest BCUT2D eigenvalue weighted by atomic mass is 10.0. The van der Waals surface area contributed by atoms with E-state index in [4.69, 9.17) is 4.74 Å². The van der Waals surface area contributed by atoms with Crippen molar-refractivity contribution in [1.82, 2.24) is 4.90 Å². The summed E-state index contributed by atoms with van der Waals surface area (Å²) in [4.78, 5) is 28.8. The number of hydrogen-bond acceptors (Lipinski definition) is 5. The fourth-order valence-corrected chi connectivity index (χ4v) is 3.23. The summed E-state index contributed by atoms with van der Waals surface area (Å²) in [5.41, 5.74) is 0.695. The normalized spacial score (nSPS) is 14.1. The lowest BCUT2D eigenvalue weighted by Gasteiger charge is -2.20. The van der Waals surface area contributed by atoms with Crippen LogP contribution in [0, 0.1) is 11.7 Å². The topological polar surface area (TPSA) is 70.1 Å². The summed E-state index contributed by atoms with van der Waals surface area (Å²) in [6.45, 7) is 4.60. The zero-order valence-corrected chi connectivity index (χ0v) is 17.3. The van der Waals surface area contributed by atoms with Gasteiger partial charge in [-0.2, -0.15) is 0 Å². The van der Waals surface area contributed by atoms with Gasteiger partial charge in [-0.05, 0) is 35.7 Å². The monoisotopic (exact) mass is 412 g/mol. The highest BCUT2D eigenvalue weighted by Gasteiger charge is 2.42. The summed E-state index contributed by atoms with van der Waals surface area (Å²) in [5, 5.41) is 9.32. The molecule has 6 nitrogen and oxygen atoms in total. The van der Waals surface area contributed by atoms with Crippen molar-refractivity contribution < 1.29 is 23.8 Å². The average Bonchev–Trinajstić information content (AvgIpc) is 2.98. The van der Waals surface area contributed by atoms with Crippen LogP contribution in [-0.4, -0.2) is 48.6 Å². The largest absolute Gasteiger partial charge is 0.493 e. The Kier molecular flexibility index (Phi) is 6.52. The second-order valence-electron chi connectivity index (χ2n) is 7.50. The maximum absolute atomic E-state index is 14.4. The van der Waals surface area contributed by atoms with Gasteiger partial charge in [0.15, 0.2) is 0 Å². The molecule has 158 valence electrons. The van der Waals surface area contributed by atoms with Gasteiger partial charge in [0.1, 0.15) is 17.3 Å². The minimum Gasteiger partial charge on any atom is -0.493 e. The number of ether oxygens (including phenoxy) is 1. The third kappa shape index (κ3) is 4.21. The molecule has 0 aromatic heterocycles. The Morgan fingerprint density at radius 1 is 1.07 bits per heavy atom. The van der Waals surface area contributed by atoms with Crippen LogP contribution in [-0.2, 0) is 9.59 Å². The first-order valence-electron chi connectivity index (χ1n) is 9.78. The summed E-state index contributed by atoms with van der Waals surface area (Å²) in [6.07, 6.45) is 0. The van der Waals surface area contributed by atoms with E-state index in [2.05, 4.69) is 0 Å². The van der Waals surface area contributed by atoms with Crippen molar-refractivity contribution in [2.45, 2.75) is 13.8 Å². The van der Waals surface area contributed by atoms with Crippen LogP contribution >= 0.6 is 0 Å². The zero-order valence-electron chi connectivity index (χ0n) is 17.3. The van der Waals surface area contributed by atoms with Crippen LogP contribution in [0.4, 0.5) is 10.1 Å². The van der Waals surface area contributed by atoms with Crippen LogP contribution in [0.3, 0.4) is 0 Å². The number of para-hydroxylation sites is 1. The molecule has 1 N–H and O–H groups in total. The minimum atomic E-state index is -0.665. The molecular formula is C23H25FN2O4. The zero-order chi connectivity index (χ0) is 21.8. The number of aliphatic hydroxyl groups excluding tert-OH is 1. The van der Waals surface area contributed by atoms with E-state index in [1.54, 1.807) is 37.4 Å². The van der Waals surface area contributed by atoms with Crippen LogP contribution in [0.15, 0.2) is 54.2 Å². The van der Waals surface area contributed by atoms with Crippen molar-refractivity contribution in [2.75, 3.05) is 31.7 Å².